The highest BCUT2D eigenvalue weighted by Gasteiger charge is 2.10. The van der Waals surface area contributed by atoms with Crippen molar-refractivity contribution in [1.29, 1.82) is 0 Å². The molecule has 0 aliphatic carbocycles. The molecule has 130 valence electrons. The summed E-state index contributed by atoms with van der Waals surface area (Å²) in [7, 11) is 1.66. The molecule has 25 heavy (non-hydrogen) atoms. The molecular weight excluding hydrogens is 321 g/mol. The average Bonchev–Trinajstić information content (AvgIpc) is 2.97. The fourth-order valence-corrected chi connectivity index (χ4v) is 2.67. The fraction of sp³-hybridized carbons (Fsp3) is 0.211. The molecule has 1 heterocycles. The van der Waals surface area contributed by atoms with Crippen LogP contribution in [0.5, 0.6) is 0 Å². The summed E-state index contributed by atoms with van der Waals surface area (Å²) in [4.78, 5) is 12.2. The van der Waals surface area contributed by atoms with E-state index in [0.29, 0.717) is 19.7 Å². The van der Waals surface area contributed by atoms with Gasteiger partial charge >= 0.3 is 6.03 Å². The van der Waals surface area contributed by atoms with Crippen LogP contribution in [0.2, 0.25) is 0 Å². The SMILES string of the molecule is COCCn1cc(NC(=O)NCc2ccc(F)cc2)c2ccccc21. The molecule has 2 amide bonds. The van der Waals surface area contributed by atoms with Crippen molar-refractivity contribution in [2.45, 2.75) is 13.1 Å². The van der Waals surface area contributed by atoms with Gasteiger partial charge in [0.15, 0.2) is 0 Å². The molecule has 0 atom stereocenters. The first kappa shape index (κ1) is 17.0. The van der Waals surface area contributed by atoms with E-state index in [4.69, 9.17) is 4.74 Å². The lowest BCUT2D eigenvalue weighted by Gasteiger charge is -2.07. The molecule has 0 unspecified atom stereocenters. The molecule has 0 aliphatic heterocycles. The molecule has 0 spiro atoms. The number of hydrogen-bond donors (Lipinski definition) is 2. The molecule has 2 aromatic carbocycles. The summed E-state index contributed by atoms with van der Waals surface area (Å²) in [5.74, 6) is -0.294. The maximum atomic E-state index is 12.9. The summed E-state index contributed by atoms with van der Waals surface area (Å²) in [5, 5.41) is 6.62. The van der Waals surface area contributed by atoms with E-state index in [-0.39, 0.29) is 11.8 Å². The van der Waals surface area contributed by atoms with Gasteiger partial charge < -0.3 is 19.9 Å². The van der Waals surface area contributed by atoms with Crippen molar-refractivity contribution in [3.63, 3.8) is 0 Å². The first-order valence-electron chi connectivity index (χ1n) is 8.03. The summed E-state index contributed by atoms with van der Waals surface area (Å²) in [5.41, 5.74) is 2.61. The van der Waals surface area contributed by atoms with Crippen LogP contribution in [0.3, 0.4) is 0 Å². The Hall–Kier alpha value is -2.86. The van der Waals surface area contributed by atoms with E-state index in [1.807, 2.05) is 30.5 Å². The van der Waals surface area contributed by atoms with Gasteiger partial charge in [-0.3, -0.25) is 0 Å². The number of rotatable bonds is 6. The lowest BCUT2D eigenvalue weighted by atomic mass is 10.2. The van der Waals surface area contributed by atoms with E-state index >= 15 is 0 Å². The number of carbonyl (C=O) groups excluding carboxylic acids is 1. The molecule has 2 N–H and O–H groups in total. The predicted molar refractivity (Wildman–Crippen MR) is 96.1 cm³/mol. The average molecular weight is 341 g/mol. The molecule has 6 heteroatoms. The lowest BCUT2D eigenvalue weighted by Crippen LogP contribution is -2.28. The first-order valence-corrected chi connectivity index (χ1v) is 8.03. The predicted octanol–water partition coefficient (Wildman–Crippen LogP) is 3.75. The Morgan fingerprint density at radius 1 is 1.16 bits per heavy atom. The molecule has 0 fully saturated rings. The summed E-state index contributed by atoms with van der Waals surface area (Å²) in [6.45, 7) is 1.62. The van der Waals surface area contributed by atoms with Gasteiger partial charge in [-0.2, -0.15) is 0 Å². The van der Waals surface area contributed by atoms with Crippen molar-refractivity contribution in [2.75, 3.05) is 19.0 Å². The van der Waals surface area contributed by atoms with Gasteiger partial charge in [-0.25, -0.2) is 9.18 Å². The minimum atomic E-state index is -0.307. The first-order chi connectivity index (χ1) is 12.2. The van der Waals surface area contributed by atoms with Crippen LogP contribution in [0.25, 0.3) is 10.9 Å². The number of benzene rings is 2. The van der Waals surface area contributed by atoms with Gasteiger partial charge in [0.2, 0.25) is 0 Å². The van der Waals surface area contributed by atoms with Crippen LogP contribution in [-0.4, -0.2) is 24.3 Å². The van der Waals surface area contributed by atoms with Crippen molar-refractivity contribution in [1.82, 2.24) is 9.88 Å². The number of para-hydroxylation sites is 1. The zero-order valence-corrected chi connectivity index (χ0v) is 14.0. The third-order valence-electron chi connectivity index (χ3n) is 3.94. The van der Waals surface area contributed by atoms with Gasteiger partial charge in [-0.05, 0) is 23.8 Å². The molecule has 0 bridgehead atoms. The number of hydrogen-bond acceptors (Lipinski definition) is 2. The quantitative estimate of drug-likeness (QED) is 0.717. The molecule has 0 aliphatic rings. The van der Waals surface area contributed by atoms with Crippen molar-refractivity contribution < 1.29 is 13.9 Å². The number of halogens is 1. The monoisotopic (exact) mass is 341 g/mol. The van der Waals surface area contributed by atoms with E-state index in [1.54, 1.807) is 19.2 Å². The maximum Gasteiger partial charge on any atom is 0.319 e. The van der Waals surface area contributed by atoms with Crippen molar-refractivity contribution >= 4 is 22.6 Å². The molecule has 0 radical (unpaired) electrons. The van der Waals surface area contributed by atoms with Crippen molar-refractivity contribution in [3.05, 3.63) is 66.1 Å². The number of aromatic nitrogens is 1. The van der Waals surface area contributed by atoms with Crippen LogP contribution in [0.1, 0.15) is 5.56 Å². The second-order valence-corrected chi connectivity index (χ2v) is 5.68. The number of anilines is 1. The standard InChI is InChI=1S/C19H20FN3O2/c1-25-11-10-23-13-17(16-4-2-3-5-18(16)23)22-19(24)21-12-14-6-8-15(20)9-7-14/h2-9,13H,10-12H2,1H3,(H2,21,22,24). The topological polar surface area (TPSA) is 55.3 Å². The van der Waals surface area contributed by atoms with Gasteiger partial charge in [0.25, 0.3) is 0 Å². The minimum Gasteiger partial charge on any atom is -0.383 e. The molecule has 1 aromatic heterocycles. The minimum absolute atomic E-state index is 0.294. The number of urea groups is 1. The van der Waals surface area contributed by atoms with E-state index in [0.717, 1.165) is 22.2 Å². The van der Waals surface area contributed by atoms with Crippen LogP contribution in [0.15, 0.2) is 54.7 Å². The molecule has 3 aromatic rings. The summed E-state index contributed by atoms with van der Waals surface area (Å²) in [6, 6.07) is 13.6. The number of carbonyl (C=O) groups is 1. The third kappa shape index (κ3) is 4.16. The van der Waals surface area contributed by atoms with E-state index in [1.165, 1.54) is 12.1 Å². The maximum absolute atomic E-state index is 12.9. The molecular formula is C19H20FN3O2. The zero-order chi connectivity index (χ0) is 17.6. The van der Waals surface area contributed by atoms with Crippen molar-refractivity contribution in [2.24, 2.45) is 0 Å². The normalized spacial score (nSPS) is 10.8. The number of fused-ring (bicyclic) bond motifs is 1. The van der Waals surface area contributed by atoms with Gasteiger partial charge in [0.05, 0.1) is 17.8 Å². The van der Waals surface area contributed by atoms with Crippen molar-refractivity contribution in [3.8, 4) is 0 Å². The summed E-state index contributed by atoms with van der Waals surface area (Å²) in [6.07, 6.45) is 1.90. The molecule has 0 saturated heterocycles. The summed E-state index contributed by atoms with van der Waals surface area (Å²) < 4.78 is 20.1. The largest absolute Gasteiger partial charge is 0.383 e. The zero-order valence-electron chi connectivity index (χ0n) is 14.0. The number of amides is 2. The fourth-order valence-electron chi connectivity index (χ4n) is 2.67. The van der Waals surface area contributed by atoms with Gasteiger partial charge in [-0.1, -0.05) is 30.3 Å². The molecule has 3 rings (SSSR count). The Morgan fingerprint density at radius 2 is 1.92 bits per heavy atom. The van der Waals surface area contributed by atoms with E-state index in [9.17, 15) is 9.18 Å². The number of methoxy groups -OCH3 is 1. The van der Waals surface area contributed by atoms with Crippen LogP contribution in [-0.2, 0) is 17.8 Å². The highest BCUT2D eigenvalue weighted by molar-refractivity contribution is 6.01. The lowest BCUT2D eigenvalue weighted by molar-refractivity contribution is 0.188. The second kappa shape index (κ2) is 7.81. The Balaban J connectivity index is 1.69. The highest BCUT2D eigenvalue weighted by atomic mass is 19.1. The number of nitrogens with zero attached hydrogens (tertiary/aromatic N) is 1. The Morgan fingerprint density at radius 3 is 2.68 bits per heavy atom. The highest BCUT2D eigenvalue weighted by Crippen LogP contribution is 2.25. The van der Waals surface area contributed by atoms with E-state index < -0.39 is 0 Å². The number of ether oxygens (including phenoxy) is 1. The Bertz CT molecular complexity index is 859. The smallest absolute Gasteiger partial charge is 0.319 e. The second-order valence-electron chi connectivity index (χ2n) is 5.68. The Kier molecular flexibility index (Phi) is 5.30. The third-order valence-corrected chi connectivity index (χ3v) is 3.94. The van der Waals surface area contributed by atoms with E-state index in [2.05, 4.69) is 15.2 Å². The molecule has 5 nitrogen and oxygen atoms in total. The van der Waals surface area contributed by atoms with Crippen LogP contribution >= 0.6 is 0 Å². The van der Waals surface area contributed by atoms with Crippen LogP contribution < -0.4 is 10.6 Å². The summed E-state index contributed by atoms with van der Waals surface area (Å²) >= 11 is 0. The van der Waals surface area contributed by atoms with Gasteiger partial charge in [0, 0.05) is 31.8 Å². The molecule has 0 saturated carbocycles. The van der Waals surface area contributed by atoms with Crippen LogP contribution in [0.4, 0.5) is 14.9 Å². The van der Waals surface area contributed by atoms with Crippen LogP contribution in [0, 0.1) is 5.82 Å². The number of nitrogens with one attached hydrogen (secondary N) is 2. The Labute approximate surface area is 145 Å². The van der Waals surface area contributed by atoms with Gasteiger partial charge in [0.1, 0.15) is 5.82 Å². The van der Waals surface area contributed by atoms with Gasteiger partial charge in [-0.15, -0.1) is 0 Å².